The second-order valence-corrected chi connectivity index (χ2v) is 6.86. The number of aromatic nitrogens is 2. The van der Waals surface area contributed by atoms with Gasteiger partial charge in [-0.05, 0) is 35.7 Å². The van der Waals surface area contributed by atoms with E-state index in [1.54, 1.807) is 24.3 Å². The van der Waals surface area contributed by atoms with Crippen molar-refractivity contribution in [2.75, 3.05) is 11.9 Å². The molecule has 8 heteroatoms. The van der Waals surface area contributed by atoms with Crippen LogP contribution in [0.3, 0.4) is 0 Å². The molecule has 0 bridgehead atoms. The van der Waals surface area contributed by atoms with E-state index in [-0.39, 0.29) is 10.8 Å². The molecule has 1 heterocycles. The third kappa shape index (κ3) is 4.78. The topological polar surface area (TPSA) is 110 Å². The lowest BCUT2D eigenvalue weighted by Gasteiger charge is -2.10. The van der Waals surface area contributed by atoms with Crippen LogP contribution < -0.4 is 16.4 Å². The van der Waals surface area contributed by atoms with E-state index < -0.39 is 36.1 Å². The normalized spacial score (nSPS) is 10.9. The van der Waals surface area contributed by atoms with Crippen molar-refractivity contribution in [2.24, 2.45) is 0 Å². The molecular weight excluding hydrogens is 374 g/mol. The first-order chi connectivity index (χ1) is 13.8. The van der Waals surface area contributed by atoms with Gasteiger partial charge in [-0.15, -0.1) is 0 Å². The quantitative estimate of drug-likeness (QED) is 0.620. The van der Waals surface area contributed by atoms with E-state index in [2.05, 4.69) is 24.3 Å². The van der Waals surface area contributed by atoms with Gasteiger partial charge in [0.25, 0.3) is 17.0 Å². The molecule has 0 aliphatic carbocycles. The highest BCUT2D eigenvalue weighted by Gasteiger charge is 2.13. The van der Waals surface area contributed by atoms with Gasteiger partial charge < -0.3 is 10.1 Å². The fraction of sp³-hybridized carbons (Fsp3) is 0.238. The molecule has 29 heavy (non-hydrogen) atoms. The zero-order valence-electron chi connectivity index (χ0n) is 16.1. The third-order valence-corrected chi connectivity index (χ3v) is 4.40. The van der Waals surface area contributed by atoms with Gasteiger partial charge in [0, 0.05) is 5.69 Å². The first kappa shape index (κ1) is 20.1. The summed E-state index contributed by atoms with van der Waals surface area (Å²) in [5.74, 6) is -0.941. The highest BCUT2D eigenvalue weighted by atomic mass is 16.5. The zero-order valence-corrected chi connectivity index (χ0v) is 16.1. The fourth-order valence-corrected chi connectivity index (χ4v) is 2.83. The largest absolute Gasteiger partial charge is 0.454 e. The fourth-order valence-electron chi connectivity index (χ4n) is 2.83. The maximum atomic E-state index is 12.4. The van der Waals surface area contributed by atoms with Crippen LogP contribution in [0, 0.1) is 0 Å². The molecule has 0 saturated carbocycles. The molecular formula is C21H21N3O5. The highest BCUT2D eigenvalue weighted by molar-refractivity contribution is 5.92. The monoisotopic (exact) mass is 395 g/mol. The number of fused-ring (bicyclic) bond motifs is 1. The number of anilines is 1. The van der Waals surface area contributed by atoms with Gasteiger partial charge in [-0.2, -0.15) is 0 Å². The Morgan fingerprint density at radius 2 is 1.69 bits per heavy atom. The lowest BCUT2D eigenvalue weighted by Crippen LogP contribution is -2.33. The number of ether oxygens (including phenoxy) is 1. The van der Waals surface area contributed by atoms with E-state index in [0.717, 1.165) is 10.2 Å². The van der Waals surface area contributed by atoms with Crippen LogP contribution in [0.5, 0.6) is 0 Å². The average molecular weight is 395 g/mol. The highest BCUT2D eigenvalue weighted by Crippen LogP contribution is 2.17. The molecule has 0 spiro atoms. The Balaban J connectivity index is 1.59. The summed E-state index contributed by atoms with van der Waals surface area (Å²) in [5, 5.41) is 5.41. The van der Waals surface area contributed by atoms with Crippen LogP contribution in [0.1, 0.15) is 25.3 Å². The Labute approximate surface area is 166 Å². The number of H-pyrrole nitrogens is 1. The van der Waals surface area contributed by atoms with Crippen LogP contribution >= 0.6 is 0 Å². The molecule has 0 unspecified atom stereocenters. The lowest BCUT2D eigenvalue weighted by molar-refractivity contribution is -0.148. The Kier molecular flexibility index (Phi) is 5.92. The van der Waals surface area contributed by atoms with Crippen molar-refractivity contribution in [1.82, 2.24) is 9.78 Å². The SMILES string of the molecule is CC(C)c1ccc(NC(=O)COC(=O)Cn2[nH]c(=O)c3ccccc3c2=O)cc1. The number of carbonyl (C=O) groups excluding carboxylic acids is 2. The van der Waals surface area contributed by atoms with Crippen LogP contribution in [-0.4, -0.2) is 28.3 Å². The summed E-state index contributed by atoms with van der Waals surface area (Å²) in [6, 6.07) is 13.7. The van der Waals surface area contributed by atoms with E-state index in [1.807, 2.05) is 12.1 Å². The van der Waals surface area contributed by atoms with Crippen molar-refractivity contribution in [1.29, 1.82) is 0 Å². The Morgan fingerprint density at radius 3 is 2.34 bits per heavy atom. The molecule has 2 N–H and O–H groups in total. The number of hydrogen-bond donors (Lipinski definition) is 2. The van der Waals surface area contributed by atoms with Gasteiger partial charge in [-0.25, -0.2) is 4.68 Å². The van der Waals surface area contributed by atoms with Crippen molar-refractivity contribution in [3.63, 3.8) is 0 Å². The number of esters is 1. The van der Waals surface area contributed by atoms with E-state index in [0.29, 0.717) is 11.6 Å². The molecule has 0 aliphatic rings. The van der Waals surface area contributed by atoms with Crippen LogP contribution in [0.2, 0.25) is 0 Å². The molecule has 0 saturated heterocycles. The van der Waals surface area contributed by atoms with Crippen LogP contribution in [0.25, 0.3) is 10.8 Å². The number of hydrogen-bond acceptors (Lipinski definition) is 5. The van der Waals surface area contributed by atoms with Gasteiger partial charge >= 0.3 is 5.97 Å². The first-order valence-electron chi connectivity index (χ1n) is 9.12. The average Bonchev–Trinajstić information content (AvgIpc) is 2.71. The number of nitrogens with zero attached hydrogens (tertiary/aromatic N) is 1. The molecule has 3 rings (SSSR count). The Morgan fingerprint density at radius 1 is 1.03 bits per heavy atom. The smallest absolute Gasteiger partial charge is 0.328 e. The number of amides is 1. The predicted molar refractivity (Wildman–Crippen MR) is 109 cm³/mol. The summed E-state index contributed by atoms with van der Waals surface area (Å²) in [7, 11) is 0. The van der Waals surface area contributed by atoms with E-state index in [1.165, 1.54) is 12.1 Å². The Hall–Kier alpha value is -3.68. The van der Waals surface area contributed by atoms with Crippen molar-refractivity contribution in [3.05, 3.63) is 74.8 Å². The van der Waals surface area contributed by atoms with E-state index >= 15 is 0 Å². The molecule has 1 amide bonds. The predicted octanol–water partition coefficient (Wildman–Crippen LogP) is 2.00. The number of carbonyl (C=O) groups is 2. The summed E-state index contributed by atoms with van der Waals surface area (Å²) in [5.41, 5.74) is 0.720. The van der Waals surface area contributed by atoms with E-state index in [9.17, 15) is 19.2 Å². The second-order valence-electron chi connectivity index (χ2n) is 6.86. The molecule has 1 aromatic heterocycles. The minimum Gasteiger partial charge on any atom is -0.454 e. The van der Waals surface area contributed by atoms with Crippen LogP contribution in [-0.2, 0) is 20.9 Å². The van der Waals surface area contributed by atoms with Gasteiger partial charge in [0.05, 0.1) is 10.8 Å². The first-order valence-corrected chi connectivity index (χ1v) is 9.12. The van der Waals surface area contributed by atoms with Gasteiger partial charge in [0.15, 0.2) is 6.61 Å². The third-order valence-electron chi connectivity index (χ3n) is 4.40. The molecule has 8 nitrogen and oxygen atoms in total. The van der Waals surface area contributed by atoms with Gasteiger partial charge in [0.1, 0.15) is 6.54 Å². The molecule has 3 aromatic rings. The van der Waals surface area contributed by atoms with Crippen molar-refractivity contribution in [3.8, 4) is 0 Å². The number of benzene rings is 2. The van der Waals surface area contributed by atoms with Crippen molar-refractivity contribution < 1.29 is 14.3 Å². The second kappa shape index (κ2) is 8.55. The maximum absolute atomic E-state index is 12.4. The molecule has 150 valence electrons. The van der Waals surface area contributed by atoms with Crippen molar-refractivity contribution >= 4 is 28.3 Å². The molecule has 0 atom stereocenters. The summed E-state index contributed by atoms with van der Waals surface area (Å²) in [6.45, 7) is 3.13. The standard InChI is InChI=1S/C21H21N3O5/c1-13(2)14-7-9-15(10-8-14)22-18(25)12-29-19(26)11-24-21(28)17-6-4-3-5-16(17)20(27)23-24/h3-10,13H,11-12H2,1-2H3,(H,22,25)(H,23,27). The Bertz CT molecular complexity index is 1160. The number of nitrogens with one attached hydrogen (secondary N) is 2. The van der Waals surface area contributed by atoms with Crippen LogP contribution in [0.4, 0.5) is 5.69 Å². The summed E-state index contributed by atoms with van der Waals surface area (Å²) >= 11 is 0. The number of rotatable bonds is 6. The number of aromatic amines is 1. The summed E-state index contributed by atoms with van der Waals surface area (Å²) in [4.78, 5) is 48.4. The van der Waals surface area contributed by atoms with Gasteiger partial charge in [-0.1, -0.05) is 38.1 Å². The minimum atomic E-state index is -0.816. The molecule has 0 fully saturated rings. The van der Waals surface area contributed by atoms with Gasteiger partial charge in [0.2, 0.25) is 0 Å². The molecule has 0 aliphatic heterocycles. The molecule has 2 aromatic carbocycles. The van der Waals surface area contributed by atoms with Crippen molar-refractivity contribution in [2.45, 2.75) is 26.3 Å². The summed E-state index contributed by atoms with van der Waals surface area (Å²) < 4.78 is 5.79. The summed E-state index contributed by atoms with van der Waals surface area (Å²) in [6.07, 6.45) is 0. The van der Waals surface area contributed by atoms with Gasteiger partial charge in [-0.3, -0.25) is 24.3 Å². The zero-order chi connectivity index (χ0) is 21.0. The van der Waals surface area contributed by atoms with E-state index in [4.69, 9.17) is 4.74 Å². The van der Waals surface area contributed by atoms with Crippen LogP contribution in [0.15, 0.2) is 58.1 Å². The maximum Gasteiger partial charge on any atom is 0.328 e. The molecule has 0 radical (unpaired) electrons. The lowest BCUT2D eigenvalue weighted by atomic mass is 10.0. The minimum absolute atomic E-state index is 0.201.